The van der Waals surface area contributed by atoms with Crippen molar-refractivity contribution in [3.05, 3.63) is 193 Å². The smallest absolute Gasteiger partial charge is 0.0788 e. The van der Waals surface area contributed by atoms with E-state index in [-0.39, 0.29) is 0 Å². The van der Waals surface area contributed by atoms with Crippen LogP contribution in [0.5, 0.6) is 0 Å². The third kappa shape index (κ3) is 5.15. The number of benzene rings is 9. The number of para-hydroxylation sites is 2. The summed E-state index contributed by atoms with van der Waals surface area (Å²) in [6.45, 7) is 0. The maximum atomic E-state index is 2.50. The normalized spacial score (nSPS) is 12.6. The van der Waals surface area contributed by atoms with E-state index in [1.165, 1.54) is 106 Å². The van der Waals surface area contributed by atoms with E-state index in [1.54, 1.807) is 0 Å². The van der Waals surface area contributed by atoms with Crippen LogP contribution in [0.4, 0.5) is 0 Å². The fraction of sp³-hybridized carbons (Fsp3) is 0. The Morgan fingerprint density at radius 2 is 0.949 bits per heavy atom. The van der Waals surface area contributed by atoms with Crippen molar-refractivity contribution in [3.8, 4) is 33.6 Å². The molecule has 0 saturated heterocycles. The largest absolute Gasteiger partial charge is 0.307 e. The molecule has 0 fully saturated rings. The predicted octanol–water partition coefficient (Wildman–Crippen LogP) is 16.2. The minimum Gasteiger partial charge on any atom is -0.307 e. The van der Waals surface area contributed by atoms with E-state index in [4.69, 9.17) is 0 Å². The molecule has 0 radical (unpaired) electrons. The van der Waals surface area contributed by atoms with E-state index in [2.05, 4.69) is 203 Å². The molecule has 12 aromatic rings. The molecule has 0 bridgehead atoms. The summed E-state index contributed by atoms with van der Waals surface area (Å²) in [5, 5.41) is 10.9. The van der Waals surface area contributed by atoms with Gasteiger partial charge in [0.15, 0.2) is 0 Å². The van der Waals surface area contributed by atoms with Gasteiger partial charge in [-0.25, -0.2) is 0 Å². The Balaban J connectivity index is 1.02. The van der Waals surface area contributed by atoms with E-state index in [0.717, 1.165) is 11.4 Å². The zero-order chi connectivity index (χ0) is 38.6. The van der Waals surface area contributed by atoms with Crippen LogP contribution in [0, 0.1) is 0 Å². The molecule has 0 N–H and O–H groups in total. The van der Waals surface area contributed by atoms with Gasteiger partial charge in [0.05, 0.1) is 22.1 Å². The summed E-state index contributed by atoms with van der Waals surface area (Å²) < 4.78 is 6.34. The molecule has 4 heterocycles. The van der Waals surface area contributed by atoms with Gasteiger partial charge in [0.25, 0.3) is 0 Å². The molecule has 59 heavy (non-hydrogen) atoms. The minimum atomic E-state index is 1.15. The van der Waals surface area contributed by atoms with Gasteiger partial charge in [-0.2, -0.15) is 0 Å². The maximum absolute atomic E-state index is 2.50. The fourth-order valence-electron chi connectivity index (χ4n) is 9.33. The lowest BCUT2D eigenvalue weighted by molar-refractivity contribution is 1.15. The number of nitrogens with zero attached hydrogens (tertiary/aromatic N) is 2. The van der Waals surface area contributed by atoms with Crippen LogP contribution in [0.3, 0.4) is 0 Å². The van der Waals surface area contributed by atoms with Crippen LogP contribution in [0.2, 0.25) is 0 Å². The van der Waals surface area contributed by atoms with Crippen molar-refractivity contribution in [1.29, 1.82) is 0 Å². The summed E-state index contributed by atoms with van der Waals surface area (Å²) in [5.41, 5.74) is 12.1. The predicted molar refractivity (Wildman–Crippen MR) is 254 cm³/mol. The number of rotatable bonds is 4. The van der Waals surface area contributed by atoms with E-state index >= 15 is 0 Å². The molecule has 1 aliphatic heterocycles. The van der Waals surface area contributed by atoms with Gasteiger partial charge in [-0.1, -0.05) is 139 Å². The van der Waals surface area contributed by atoms with Gasteiger partial charge >= 0.3 is 0 Å². The Hall–Kier alpha value is -6.50. The molecule has 13 rings (SSSR count). The fourth-order valence-corrected chi connectivity index (χ4v) is 12.5. The van der Waals surface area contributed by atoms with Gasteiger partial charge in [-0.15, -0.1) is 11.3 Å². The van der Waals surface area contributed by atoms with Crippen LogP contribution in [0.1, 0.15) is 0 Å². The number of hydrogen-bond acceptors (Lipinski definition) is 3. The van der Waals surface area contributed by atoms with E-state index < -0.39 is 0 Å². The molecule has 1 aliphatic rings. The highest BCUT2D eigenvalue weighted by molar-refractivity contribution is 8.05. The molecule has 5 heteroatoms. The van der Waals surface area contributed by atoms with Crippen molar-refractivity contribution in [3.63, 3.8) is 0 Å². The van der Waals surface area contributed by atoms with Crippen LogP contribution in [0.15, 0.2) is 213 Å². The Kier molecular flexibility index (Phi) is 7.38. The van der Waals surface area contributed by atoms with Crippen LogP contribution >= 0.6 is 34.9 Å². The Labute approximate surface area is 353 Å². The topological polar surface area (TPSA) is 9.86 Å². The standard InChI is InChI=1S/C54H32N2S3/c1-3-15-46-42(12-1)44-24-25-45-43-13-2-4-16-47(43)56(40-23-21-35-29-38(20-19-36(35)31-40)41-14-8-9-33-27-28-57-54(33)41)53(45)52(44)55(46)39-11-7-10-34(30-39)37-22-26-50-51(32-37)59-49-18-6-5-17-48(49)58-50/h1-32H. The highest BCUT2D eigenvalue weighted by Gasteiger charge is 2.22. The Morgan fingerprint density at radius 3 is 1.73 bits per heavy atom. The maximum Gasteiger partial charge on any atom is 0.0788 e. The van der Waals surface area contributed by atoms with Crippen molar-refractivity contribution in [1.82, 2.24) is 9.13 Å². The average Bonchev–Trinajstić information content (AvgIpc) is 4.01. The van der Waals surface area contributed by atoms with Crippen LogP contribution in [-0.4, -0.2) is 9.13 Å². The van der Waals surface area contributed by atoms with E-state index in [1.807, 2.05) is 34.9 Å². The monoisotopic (exact) mass is 804 g/mol. The zero-order valence-electron chi connectivity index (χ0n) is 31.6. The second kappa shape index (κ2) is 13.0. The average molecular weight is 805 g/mol. The quantitative estimate of drug-likeness (QED) is 0.175. The summed E-state index contributed by atoms with van der Waals surface area (Å²) in [6, 6.07) is 69.9. The molecule has 0 amide bonds. The number of aromatic nitrogens is 2. The molecule has 0 saturated carbocycles. The lowest BCUT2D eigenvalue weighted by Gasteiger charge is -2.19. The number of fused-ring (bicyclic) bond motifs is 11. The van der Waals surface area contributed by atoms with Crippen molar-refractivity contribution in [2.45, 2.75) is 19.6 Å². The van der Waals surface area contributed by atoms with Crippen molar-refractivity contribution in [2.24, 2.45) is 0 Å². The molecular weight excluding hydrogens is 773 g/mol. The first-order valence-electron chi connectivity index (χ1n) is 19.9. The van der Waals surface area contributed by atoms with Crippen LogP contribution < -0.4 is 0 Å². The first-order valence-corrected chi connectivity index (χ1v) is 22.4. The zero-order valence-corrected chi connectivity index (χ0v) is 34.0. The first-order chi connectivity index (χ1) is 29.2. The molecule has 0 unspecified atom stereocenters. The molecular formula is C54H32N2S3. The molecule has 0 spiro atoms. The van der Waals surface area contributed by atoms with Gasteiger partial charge in [0.1, 0.15) is 0 Å². The van der Waals surface area contributed by atoms with Gasteiger partial charge in [-0.3, -0.25) is 0 Å². The molecule has 0 aliphatic carbocycles. The SMILES string of the molecule is c1cc(-c2ccc3c(c2)Sc2ccccc2S3)cc(-n2c3ccccc3c3ccc4c5ccccc5n(-c5ccc6cc(-c7cccc8ccsc78)ccc6c5)c4c32)c1. The van der Waals surface area contributed by atoms with Crippen LogP contribution in [0.25, 0.3) is 98.1 Å². The van der Waals surface area contributed by atoms with Crippen molar-refractivity contribution >= 4 is 99.3 Å². The second-order valence-electron chi connectivity index (χ2n) is 15.3. The Bertz CT molecular complexity index is 3700. The number of hydrogen-bond donors (Lipinski definition) is 0. The van der Waals surface area contributed by atoms with E-state index in [9.17, 15) is 0 Å². The van der Waals surface area contributed by atoms with Gasteiger partial charge in [-0.05, 0) is 117 Å². The molecule has 9 aromatic carbocycles. The first kappa shape index (κ1) is 33.5. The number of thiophene rings is 1. The summed E-state index contributed by atoms with van der Waals surface area (Å²) in [7, 11) is 0. The van der Waals surface area contributed by atoms with Gasteiger partial charge in [0, 0.05) is 57.2 Å². The third-order valence-electron chi connectivity index (χ3n) is 12.0. The second-order valence-corrected chi connectivity index (χ2v) is 18.4. The molecule has 3 aromatic heterocycles. The Morgan fingerprint density at radius 1 is 0.339 bits per heavy atom. The van der Waals surface area contributed by atoms with Crippen molar-refractivity contribution in [2.75, 3.05) is 0 Å². The highest BCUT2D eigenvalue weighted by Crippen LogP contribution is 2.49. The lowest BCUT2D eigenvalue weighted by Crippen LogP contribution is -1.99. The highest BCUT2D eigenvalue weighted by atomic mass is 32.2. The third-order valence-corrected chi connectivity index (χ3v) is 15.5. The minimum absolute atomic E-state index is 1.15. The van der Waals surface area contributed by atoms with Gasteiger partial charge in [0.2, 0.25) is 0 Å². The van der Waals surface area contributed by atoms with E-state index in [0.29, 0.717) is 0 Å². The lowest BCUT2D eigenvalue weighted by atomic mass is 10.00. The summed E-state index contributed by atoms with van der Waals surface area (Å²) in [5.74, 6) is 0. The van der Waals surface area contributed by atoms with Gasteiger partial charge < -0.3 is 9.13 Å². The van der Waals surface area contributed by atoms with Crippen molar-refractivity contribution < 1.29 is 0 Å². The summed E-state index contributed by atoms with van der Waals surface area (Å²) in [4.78, 5) is 5.28. The molecule has 2 nitrogen and oxygen atoms in total. The molecule has 276 valence electrons. The molecule has 0 atom stereocenters. The summed E-state index contributed by atoms with van der Waals surface area (Å²) >= 11 is 5.55. The van der Waals surface area contributed by atoms with Crippen LogP contribution in [-0.2, 0) is 0 Å². The summed E-state index contributed by atoms with van der Waals surface area (Å²) in [6.07, 6.45) is 0.